The minimum atomic E-state index is 0.476. The molecule has 84 valence electrons. The zero-order valence-electron chi connectivity index (χ0n) is 9.73. The average Bonchev–Trinajstić information content (AvgIpc) is 2.28. The van der Waals surface area contributed by atoms with Gasteiger partial charge in [0, 0.05) is 5.39 Å². The van der Waals surface area contributed by atoms with Gasteiger partial charge in [0.05, 0.1) is 10.9 Å². The minimum absolute atomic E-state index is 0.476. The predicted octanol–water partition coefficient (Wildman–Crippen LogP) is 2.38. The Morgan fingerprint density at radius 3 is 2.71 bits per heavy atom. The van der Waals surface area contributed by atoms with Gasteiger partial charge >= 0.3 is 0 Å². The molecule has 0 amide bonds. The molecule has 0 aliphatic rings. The molecule has 0 saturated carbocycles. The van der Waals surface area contributed by atoms with E-state index in [1.165, 1.54) is 11.9 Å². The maximum Gasteiger partial charge on any atom is 0.165 e. The molecule has 0 spiro atoms. The van der Waals surface area contributed by atoms with E-state index in [1.807, 2.05) is 6.07 Å². The number of hydrogen-bond donors (Lipinski definition) is 1. The number of anilines is 1. The lowest BCUT2D eigenvalue weighted by molar-refractivity contribution is 1.20. The van der Waals surface area contributed by atoms with Crippen LogP contribution < -0.4 is 5.73 Å². The first-order valence-corrected chi connectivity index (χ1v) is 5.43. The van der Waals surface area contributed by atoms with Crippen molar-refractivity contribution in [3.05, 3.63) is 35.7 Å². The van der Waals surface area contributed by atoms with Crippen LogP contribution in [0.3, 0.4) is 0 Å². The maximum atomic E-state index is 5.83. The third kappa shape index (κ3) is 1.49. The van der Waals surface area contributed by atoms with E-state index in [0.717, 1.165) is 21.9 Å². The van der Waals surface area contributed by atoms with Crippen molar-refractivity contribution in [2.75, 3.05) is 5.73 Å². The lowest BCUT2D eigenvalue weighted by atomic mass is 10.1. The number of aromatic nitrogens is 3. The highest BCUT2D eigenvalue weighted by Crippen LogP contribution is 2.24. The van der Waals surface area contributed by atoms with Gasteiger partial charge in [-0.2, -0.15) is 0 Å². The van der Waals surface area contributed by atoms with Gasteiger partial charge in [-0.1, -0.05) is 11.6 Å². The van der Waals surface area contributed by atoms with Gasteiger partial charge in [-0.05, 0) is 31.5 Å². The number of rotatable bonds is 0. The molecule has 2 heterocycles. The summed E-state index contributed by atoms with van der Waals surface area (Å²) in [7, 11) is 0. The van der Waals surface area contributed by atoms with Gasteiger partial charge in [-0.3, -0.25) is 0 Å². The molecular weight excluding hydrogens is 212 g/mol. The maximum absolute atomic E-state index is 5.83. The third-order valence-corrected chi connectivity index (χ3v) is 2.89. The standard InChI is InChI=1S/C13H12N4/c1-7-3-8(2)11-9(4-7)5-10-12(14)15-6-16-13(10)17-11/h3-6H,1-2H3,(H2,14,15,16,17). The zero-order chi connectivity index (χ0) is 12.0. The first kappa shape index (κ1) is 9.96. The Balaban J connectivity index is 2.52. The number of hydrogen-bond acceptors (Lipinski definition) is 4. The highest BCUT2D eigenvalue weighted by atomic mass is 15.0. The largest absolute Gasteiger partial charge is 0.383 e. The van der Waals surface area contributed by atoms with Crippen LogP contribution in [0.1, 0.15) is 11.1 Å². The molecule has 0 atom stereocenters. The Bertz CT molecular complexity index is 734. The van der Waals surface area contributed by atoms with E-state index in [0.29, 0.717) is 11.5 Å². The number of nitrogens with two attached hydrogens (primary N) is 1. The van der Waals surface area contributed by atoms with Crippen LogP contribution in [0.2, 0.25) is 0 Å². The summed E-state index contributed by atoms with van der Waals surface area (Å²) >= 11 is 0. The fourth-order valence-electron chi connectivity index (χ4n) is 2.14. The van der Waals surface area contributed by atoms with Crippen LogP contribution in [0, 0.1) is 13.8 Å². The van der Waals surface area contributed by atoms with E-state index in [9.17, 15) is 0 Å². The van der Waals surface area contributed by atoms with E-state index in [4.69, 9.17) is 5.73 Å². The third-order valence-electron chi connectivity index (χ3n) is 2.89. The van der Waals surface area contributed by atoms with Crippen LogP contribution in [0.25, 0.3) is 21.9 Å². The smallest absolute Gasteiger partial charge is 0.165 e. The molecule has 17 heavy (non-hydrogen) atoms. The molecule has 0 unspecified atom stereocenters. The SMILES string of the molecule is Cc1cc(C)c2nc3ncnc(N)c3cc2c1. The van der Waals surface area contributed by atoms with Gasteiger partial charge in [0.1, 0.15) is 12.1 Å². The van der Waals surface area contributed by atoms with Crippen molar-refractivity contribution in [1.82, 2.24) is 15.0 Å². The van der Waals surface area contributed by atoms with Crippen molar-refractivity contribution in [3.63, 3.8) is 0 Å². The summed E-state index contributed by atoms with van der Waals surface area (Å²) < 4.78 is 0. The van der Waals surface area contributed by atoms with E-state index in [1.54, 1.807) is 0 Å². The molecule has 4 heteroatoms. The summed E-state index contributed by atoms with van der Waals surface area (Å²) in [5.41, 5.74) is 9.82. The number of nitrogen functional groups attached to an aromatic ring is 1. The van der Waals surface area contributed by atoms with Crippen molar-refractivity contribution in [2.45, 2.75) is 13.8 Å². The molecule has 0 bridgehead atoms. The van der Waals surface area contributed by atoms with Crippen molar-refractivity contribution < 1.29 is 0 Å². The number of aryl methyl sites for hydroxylation is 2. The Morgan fingerprint density at radius 2 is 1.88 bits per heavy atom. The zero-order valence-corrected chi connectivity index (χ0v) is 9.73. The lowest BCUT2D eigenvalue weighted by Crippen LogP contribution is -1.96. The molecule has 1 aromatic carbocycles. The van der Waals surface area contributed by atoms with Crippen molar-refractivity contribution in [2.24, 2.45) is 0 Å². The number of benzene rings is 1. The normalized spacial score (nSPS) is 11.2. The molecule has 0 aliphatic carbocycles. The van der Waals surface area contributed by atoms with Gasteiger partial charge in [-0.15, -0.1) is 0 Å². The minimum Gasteiger partial charge on any atom is -0.383 e. The predicted molar refractivity (Wildman–Crippen MR) is 68.7 cm³/mol. The van der Waals surface area contributed by atoms with Crippen LogP contribution >= 0.6 is 0 Å². The van der Waals surface area contributed by atoms with Crippen LogP contribution in [-0.4, -0.2) is 15.0 Å². The Labute approximate surface area is 98.5 Å². The van der Waals surface area contributed by atoms with E-state index >= 15 is 0 Å². The van der Waals surface area contributed by atoms with Gasteiger partial charge < -0.3 is 5.73 Å². The van der Waals surface area contributed by atoms with E-state index in [-0.39, 0.29) is 0 Å². The fourth-order valence-corrected chi connectivity index (χ4v) is 2.14. The lowest BCUT2D eigenvalue weighted by Gasteiger charge is -2.06. The van der Waals surface area contributed by atoms with E-state index in [2.05, 4.69) is 40.9 Å². The van der Waals surface area contributed by atoms with Gasteiger partial charge in [0.25, 0.3) is 0 Å². The number of nitrogens with zero attached hydrogens (tertiary/aromatic N) is 3. The van der Waals surface area contributed by atoms with E-state index < -0.39 is 0 Å². The summed E-state index contributed by atoms with van der Waals surface area (Å²) in [5, 5.41) is 1.89. The second kappa shape index (κ2) is 3.38. The molecule has 0 saturated heterocycles. The van der Waals surface area contributed by atoms with Crippen molar-refractivity contribution >= 4 is 27.8 Å². The molecule has 2 aromatic heterocycles. The average molecular weight is 224 g/mol. The fraction of sp³-hybridized carbons (Fsp3) is 0.154. The van der Waals surface area contributed by atoms with Crippen LogP contribution in [0.4, 0.5) is 5.82 Å². The monoisotopic (exact) mass is 224 g/mol. The molecule has 3 aromatic rings. The summed E-state index contributed by atoms with van der Waals surface area (Å²) in [6, 6.07) is 6.22. The van der Waals surface area contributed by atoms with Gasteiger partial charge in [0.15, 0.2) is 5.65 Å². The number of pyridine rings is 1. The summed E-state index contributed by atoms with van der Waals surface area (Å²) in [5.74, 6) is 0.476. The first-order chi connectivity index (χ1) is 8.15. The highest BCUT2D eigenvalue weighted by Gasteiger charge is 2.06. The molecule has 0 radical (unpaired) electrons. The first-order valence-electron chi connectivity index (χ1n) is 5.43. The highest BCUT2D eigenvalue weighted by molar-refractivity contribution is 5.96. The van der Waals surface area contributed by atoms with Crippen LogP contribution in [0.5, 0.6) is 0 Å². The summed E-state index contributed by atoms with van der Waals surface area (Å²) in [6.07, 6.45) is 1.44. The molecule has 4 nitrogen and oxygen atoms in total. The quantitative estimate of drug-likeness (QED) is 0.595. The Morgan fingerprint density at radius 1 is 1.06 bits per heavy atom. The summed E-state index contributed by atoms with van der Waals surface area (Å²) in [6.45, 7) is 4.13. The molecule has 0 fully saturated rings. The van der Waals surface area contributed by atoms with Crippen molar-refractivity contribution in [1.29, 1.82) is 0 Å². The second-order valence-corrected chi connectivity index (χ2v) is 4.27. The molecular formula is C13H12N4. The Kier molecular flexibility index (Phi) is 1.98. The number of fused-ring (bicyclic) bond motifs is 2. The van der Waals surface area contributed by atoms with Gasteiger partial charge in [0.2, 0.25) is 0 Å². The van der Waals surface area contributed by atoms with Crippen molar-refractivity contribution in [3.8, 4) is 0 Å². The van der Waals surface area contributed by atoms with Crippen LogP contribution in [0.15, 0.2) is 24.5 Å². The summed E-state index contributed by atoms with van der Waals surface area (Å²) in [4.78, 5) is 12.7. The molecule has 0 aliphatic heterocycles. The Hall–Kier alpha value is -2.23. The second-order valence-electron chi connectivity index (χ2n) is 4.27. The van der Waals surface area contributed by atoms with Gasteiger partial charge in [-0.25, -0.2) is 15.0 Å². The molecule has 2 N–H and O–H groups in total. The molecule has 3 rings (SSSR count). The van der Waals surface area contributed by atoms with Crippen LogP contribution in [-0.2, 0) is 0 Å². The topological polar surface area (TPSA) is 64.7 Å².